The Bertz CT molecular complexity index is 1050. The molecule has 2 aromatic carbocycles. The fraction of sp³-hybridized carbons (Fsp3) is 0.417. The van der Waals surface area contributed by atoms with Gasteiger partial charge in [0.15, 0.2) is 23.0 Å². The highest BCUT2D eigenvalue weighted by Crippen LogP contribution is 2.55. The molecule has 31 heavy (non-hydrogen) atoms. The summed E-state index contributed by atoms with van der Waals surface area (Å²) >= 11 is 0. The Labute approximate surface area is 181 Å². The number of carbonyl (C=O) groups is 2. The molecule has 5 atom stereocenters. The number of hydrogen-bond acceptors (Lipinski definition) is 5. The highest BCUT2D eigenvalue weighted by molar-refractivity contribution is 6.13. The standard InChI is InChI=1S/C24H26N2O5/c1-26-12-11-24-16(13-26)19(15-8-6-10-18(30-3)22(15)31-24)20(23(28)25-24)21(27)14-7-4-5-9-17(14)29-2/h4-10,16,19-20H,11-13H2,1-3H3,(H,25,28)/p+1. The third-order valence-electron chi connectivity index (χ3n) is 7.03. The molecule has 5 rings (SSSR count). The van der Waals surface area contributed by atoms with E-state index in [9.17, 15) is 9.59 Å². The van der Waals surface area contributed by atoms with E-state index in [-0.39, 0.29) is 23.5 Å². The average Bonchev–Trinajstić information content (AvgIpc) is 2.78. The molecule has 3 aliphatic heterocycles. The smallest absolute Gasteiger partial charge is 0.234 e. The van der Waals surface area contributed by atoms with Crippen LogP contribution in [0, 0.1) is 11.8 Å². The molecule has 3 aliphatic rings. The van der Waals surface area contributed by atoms with Crippen molar-refractivity contribution in [1.82, 2.24) is 5.32 Å². The third-order valence-corrected chi connectivity index (χ3v) is 7.03. The van der Waals surface area contributed by atoms with Crippen LogP contribution in [0.3, 0.4) is 0 Å². The van der Waals surface area contributed by atoms with Gasteiger partial charge in [-0.1, -0.05) is 24.3 Å². The molecule has 0 saturated carbocycles. The largest absolute Gasteiger partial charge is 0.496 e. The third kappa shape index (κ3) is 2.91. The van der Waals surface area contributed by atoms with E-state index in [1.54, 1.807) is 25.3 Å². The number of piperidine rings is 2. The summed E-state index contributed by atoms with van der Waals surface area (Å²) in [6, 6.07) is 12.8. The van der Waals surface area contributed by atoms with Crippen LogP contribution in [-0.4, -0.2) is 51.8 Å². The number of quaternary nitrogens is 1. The number of likely N-dealkylation sites (tertiary alicyclic amines) is 1. The number of hydrogen-bond donors (Lipinski definition) is 2. The second kappa shape index (κ2) is 7.27. The lowest BCUT2D eigenvalue weighted by atomic mass is 9.63. The van der Waals surface area contributed by atoms with E-state index in [1.807, 2.05) is 24.3 Å². The summed E-state index contributed by atoms with van der Waals surface area (Å²) in [7, 11) is 5.28. The molecule has 0 radical (unpaired) electrons. The number of benzene rings is 2. The van der Waals surface area contributed by atoms with Crippen molar-refractivity contribution in [3.63, 3.8) is 0 Å². The fourth-order valence-electron chi connectivity index (χ4n) is 5.57. The number of ketones is 1. The highest BCUT2D eigenvalue weighted by Gasteiger charge is 2.63. The lowest BCUT2D eigenvalue weighted by Gasteiger charge is -2.56. The van der Waals surface area contributed by atoms with Crippen molar-refractivity contribution in [3.05, 3.63) is 53.6 Å². The van der Waals surface area contributed by atoms with Crippen LogP contribution in [0.2, 0.25) is 0 Å². The minimum Gasteiger partial charge on any atom is -0.496 e. The van der Waals surface area contributed by atoms with Crippen LogP contribution in [0.25, 0.3) is 0 Å². The maximum absolute atomic E-state index is 13.8. The van der Waals surface area contributed by atoms with Crippen molar-refractivity contribution in [2.45, 2.75) is 18.1 Å². The van der Waals surface area contributed by atoms with Crippen molar-refractivity contribution >= 4 is 11.7 Å². The summed E-state index contributed by atoms with van der Waals surface area (Å²) in [5.74, 6) is 0.00602. The van der Waals surface area contributed by atoms with Gasteiger partial charge in [0.05, 0.1) is 52.3 Å². The van der Waals surface area contributed by atoms with Crippen LogP contribution in [0.15, 0.2) is 42.5 Å². The monoisotopic (exact) mass is 423 g/mol. The molecular weight excluding hydrogens is 396 g/mol. The van der Waals surface area contributed by atoms with Gasteiger partial charge in [-0.25, -0.2) is 0 Å². The minimum atomic E-state index is -0.866. The number of Topliss-reactive ketones (excluding diaryl/α,β-unsaturated/α-hetero) is 1. The van der Waals surface area contributed by atoms with Gasteiger partial charge >= 0.3 is 0 Å². The van der Waals surface area contributed by atoms with Gasteiger partial charge in [0.25, 0.3) is 0 Å². The van der Waals surface area contributed by atoms with Crippen molar-refractivity contribution < 1.29 is 28.7 Å². The van der Waals surface area contributed by atoms with E-state index < -0.39 is 11.6 Å². The van der Waals surface area contributed by atoms with Crippen molar-refractivity contribution in [1.29, 1.82) is 0 Å². The second-order valence-electron chi connectivity index (χ2n) is 8.70. The number of nitrogens with one attached hydrogen (secondary N) is 2. The highest BCUT2D eigenvalue weighted by atomic mass is 16.5. The quantitative estimate of drug-likeness (QED) is 0.568. The minimum absolute atomic E-state index is 0.0257. The van der Waals surface area contributed by atoms with E-state index in [0.717, 1.165) is 18.7 Å². The maximum Gasteiger partial charge on any atom is 0.234 e. The van der Waals surface area contributed by atoms with E-state index >= 15 is 0 Å². The SMILES string of the molecule is COc1ccccc1C(=O)C1C(=O)NC23CC[NH+](C)CC2C1c1cccc(OC)c1O3. The zero-order chi connectivity index (χ0) is 21.8. The molecule has 162 valence electrons. The molecule has 7 nitrogen and oxygen atoms in total. The molecule has 0 aliphatic carbocycles. The van der Waals surface area contributed by atoms with Gasteiger partial charge in [0.1, 0.15) is 11.7 Å². The Morgan fingerprint density at radius 3 is 2.65 bits per heavy atom. The van der Waals surface area contributed by atoms with Gasteiger partial charge in [0, 0.05) is 11.5 Å². The van der Waals surface area contributed by atoms with Gasteiger partial charge < -0.3 is 24.4 Å². The summed E-state index contributed by atoms with van der Waals surface area (Å²) in [4.78, 5) is 28.6. The molecule has 2 saturated heterocycles. The molecule has 0 spiro atoms. The maximum atomic E-state index is 13.8. The van der Waals surface area contributed by atoms with Crippen molar-refractivity contribution in [2.24, 2.45) is 11.8 Å². The molecule has 5 unspecified atom stereocenters. The summed E-state index contributed by atoms with van der Waals surface area (Å²) in [6.07, 6.45) is 0.679. The first-order valence-corrected chi connectivity index (χ1v) is 10.7. The number of carbonyl (C=O) groups excluding carboxylic acids is 2. The average molecular weight is 423 g/mol. The lowest BCUT2D eigenvalue weighted by molar-refractivity contribution is -0.892. The van der Waals surface area contributed by atoms with Crippen LogP contribution in [0.5, 0.6) is 17.2 Å². The predicted octanol–water partition coefficient (Wildman–Crippen LogP) is 1.04. The zero-order valence-corrected chi connectivity index (χ0v) is 17.9. The lowest BCUT2D eigenvalue weighted by Crippen LogP contribution is -3.13. The topological polar surface area (TPSA) is 78.3 Å². The summed E-state index contributed by atoms with van der Waals surface area (Å²) < 4.78 is 17.5. The van der Waals surface area contributed by atoms with Gasteiger partial charge in [-0.2, -0.15) is 0 Å². The first kappa shape index (κ1) is 19.9. The van der Waals surface area contributed by atoms with Crippen LogP contribution in [0.4, 0.5) is 0 Å². The van der Waals surface area contributed by atoms with Crippen molar-refractivity contribution in [2.75, 3.05) is 34.4 Å². The van der Waals surface area contributed by atoms with Gasteiger partial charge in [-0.15, -0.1) is 0 Å². The number of ether oxygens (including phenoxy) is 3. The number of para-hydroxylation sites is 2. The summed E-state index contributed by atoms with van der Waals surface area (Å²) in [5.41, 5.74) is 0.461. The van der Waals surface area contributed by atoms with Gasteiger partial charge in [-0.3, -0.25) is 9.59 Å². The first-order chi connectivity index (χ1) is 15.0. The van der Waals surface area contributed by atoms with E-state index in [2.05, 4.69) is 12.4 Å². The molecule has 7 heteroatoms. The van der Waals surface area contributed by atoms with Crippen LogP contribution in [-0.2, 0) is 4.79 Å². The molecule has 2 bridgehead atoms. The van der Waals surface area contributed by atoms with Gasteiger partial charge in [0.2, 0.25) is 5.91 Å². The Kier molecular flexibility index (Phi) is 4.66. The molecule has 3 heterocycles. The fourth-order valence-corrected chi connectivity index (χ4v) is 5.57. The van der Waals surface area contributed by atoms with E-state index in [4.69, 9.17) is 14.2 Å². The van der Waals surface area contributed by atoms with Crippen LogP contribution >= 0.6 is 0 Å². The molecular formula is C24H27N2O5+. The van der Waals surface area contributed by atoms with E-state index in [1.165, 1.54) is 12.0 Å². The summed E-state index contributed by atoms with van der Waals surface area (Å²) in [6.45, 7) is 1.68. The molecule has 2 N–H and O–H groups in total. The Balaban J connectivity index is 1.68. The molecule has 0 aromatic heterocycles. The second-order valence-corrected chi connectivity index (χ2v) is 8.70. The normalized spacial score (nSPS) is 30.9. The Hall–Kier alpha value is -3.06. The Morgan fingerprint density at radius 1 is 1.13 bits per heavy atom. The first-order valence-electron chi connectivity index (χ1n) is 10.7. The molecule has 1 amide bonds. The predicted molar refractivity (Wildman–Crippen MR) is 113 cm³/mol. The number of fused-ring (bicyclic) bond motifs is 2. The van der Waals surface area contributed by atoms with Crippen LogP contribution in [0.1, 0.15) is 28.3 Å². The Morgan fingerprint density at radius 2 is 1.87 bits per heavy atom. The number of methoxy groups -OCH3 is 2. The van der Waals surface area contributed by atoms with Crippen LogP contribution < -0.4 is 24.4 Å². The molecule has 2 fully saturated rings. The molecule has 2 aromatic rings. The number of amides is 1. The van der Waals surface area contributed by atoms with E-state index in [0.29, 0.717) is 29.2 Å². The zero-order valence-electron chi connectivity index (χ0n) is 17.9. The van der Waals surface area contributed by atoms with Gasteiger partial charge in [-0.05, 0) is 18.2 Å². The number of rotatable bonds is 4. The van der Waals surface area contributed by atoms with Crippen molar-refractivity contribution in [3.8, 4) is 17.2 Å². The summed E-state index contributed by atoms with van der Waals surface area (Å²) in [5, 5.41) is 3.12.